The Balaban J connectivity index is 2.22. The van der Waals surface area contributed by atoms with Gasteiger partial charge in [0.25, 0.3) is 0 Å². The van der Waals surface area contributed by atoms with Gasteiger partial charge in [-0.2, -0.15) is 0 Å². The van der Waals surface area contributed by atoms with Gasteiger partial charge in [-0.3, -0.25) is 4.79 Å². The molecular formula is C21H26O. The predicted molar refractivity (Wildman–Crippen MR) is 93.1 cm³/mol. The van der Waals surface area contributed by atoms with E-state index in [0.717, 1.165) is 19.3 Å². The summed E-state index contributed by atoms with van der Waals surface area (Å²) in [6, 6.07) is 20.9. The third-order valence-corrected chi connectivity index (χ3v) is 4.30. The number of unbranched alkanes of at least 4 members (excludes halogenated alkanes) is 1. The Labute approximate surface area is 134 Å². The molecule has 22 heavy (non-hydrogen) atoms. The summed E-state index contributed by atoms with van der Waals surface area (Å²) in [5, 5.41) is 0. The first kappa shape index (κ1) is 16.5. The van der Waals surface area contributed by atoms with Crippen molar-refractivity contribution in [3.8, 4) is 0 Å². The summed E-state index contributed by atoms with van der Waals surface area (Å²) in [5.41, 5.74) is 2.41. The monoisotopic (exact) mass is 294 g/mol. The number of ketones is 1. The molecule has 0 fully saturated rings. The van der Waals surface area contributed by atoms with Crippen LogP contribution in [-0.2, 0) is 16.6 Å². The number of benzene rings is 2. The third-order valence-electron chi connectivity index (χ3n) is 4.30. The number of hydrogen-bond donors (Lipinski definition) is 0. The second-order valence-corrected chi connectivity index (χ2v) is 6.41. The summed E-state index contributed by atoms with van der Waals surface area (Å²) in [7, 11) is 0. The van der Waals surface area contributed by atoms with Crippen LogP contribution >= 0.6 is 0 Å². The Bertz CT molecular complexity index is 573. The van der Waals surface area contributed by atoms with E-state index in [1.807, 2.05) is 12.1 Å². The lowest BCUT2D eigenvalue weighted by molar-refractivity contribution is -0.120. The molecular weight excluding hydrogens is 268 g/mol. The standard InChI is InChI=1S/C21H26O/c1-3-4-15-20(22)17-21(2,19-13-9-6-10-14-19)16-18-11-7-5-8-12-18/h5-14H,3-4,15-17H2,1-2H3/t21-/m0/s1. The van der Waals surface area contributed by atoms with Gasteiger partial charge in [-0.05, 0) is 24.0 Å². The van der Waals surface area contributed by atoms with Crippen molar-refractivity contribution >= 4 is 5.78 Å². The first-order chi connectivity index (χ1) is 10.6. The normalized spacial score (nSPS) is 13.5. The van der Waals surface area contributed by atoms with Crippen LogP contribution in [0, 0.1) is 0 Å². The molecule has 2 aromatic carbocycles. The zero-order valence-electron chi connectivity index (χ0n) is 13.7. The van der Waals surface area contributed by atoms with Gasteiger partial charge in [0.2, 0.25) is 0 Å². The van der Waals surface area contributed by atoms with Crippen molar-refractivity contribution in [1.82, 2.24) is 0 Å². The molecule has 1 nitrogen and oxygen atoms in total. The van der Waals surface area contributed by atoms with E-state index in [1.54, 1.807) is 0 Å². The lowest BCUT2D eigenvalue weighted by Crippen LogP contribution is -2.28. The molecule has 1 atom stereocenters. The molecule has 0 spiro atoms. The van der Waals surface area contributed by atoms with E-state index in [0.29, 0.717) is 18.6 Å². The maximum atomic E-state index is 12.4. The smallest absolute Gasteiger partial charge is 0.133 e. The van der Waals surface area contributed by atoms with Crippen molar-refractivity contribution in [3.05, 3.63) is 71.8 Å². The van der Waals surface area contributed by atoms with E-state index in [-0.39, 0.29) is 5.41 Å². The van der Waals surface area contributed by atoms with Gasteiger partial charge in [-0.15, -0.1) is 0 Å². The summed E-state index contributed by atoms with van der Waals surface area (Å²) in [6.07, 6.45) is 4.29. The van der Waals surface area contributed by atoms with Crippen LogP contribution in [0.25, 0.3) is 0 Å². The molecule has 2 rings (SSSR count). The molecule has 0 unspecified atom stereocenters. The largest absolute Gasteiger partial charge is 0.300 e. The van der Waals surface area contributed by atoms with E-state index in [9.17, 15) is 4.79 Å². The minimum absolute atomic E-state index is 0.132. The van der Waals surface area contributed by atoms with E-state index >= 15 is 0 Å². The van der Waals surface area contributed by atoms with Crippen LogP contribution in [0.4, 0.5) is 0 Å². The number of carbonyl (C=O) groups is 1. The molecule has 0 heterocycles. The average molecular weight is 294 g/mol. The van der Waals surface area contributed by atoms with E-state index < -0.39 is 0 Å². The van der Waals surface area contributed by atoms with Crippen LogP contribution in [0.5, 0.6) is 0 Å². The number of rotatable bonds is 8. The highest BCUT2D eigenvalue weighted by Crippen LogP contribution is 2.32. The summed E-state index contributed by atoms with van der Waals surface area (Å²) in [4.78, 5) is 12.4. The van der Waals surface area contributed by atoms with Crippen molar-refractivity contribution < 1.29 is 4.79 Å². The third kappa shape index (κ3) is 4.56. The Kier molecular flexibility index (Phi) is 5.94. The number of carbonyl (C=O) groups excluding carboxylic acids is 1. The van der Waals surface area contributed by atoms with Crippen molar-refractivity contribution in [3.63, 3.8) is 0 Å². The van der Waals surface area contributed by atoms with Crippen LogP contribution < -0.4 is 0 Å². The molecule has 0 saturated carbocycles. The first-order valence-corrected chi connectivity index (χ1v) is 8.25. The second-order valence-electron chi connectivity index (χ2n) is 6.41. The highest BCUT2D eigenvalue weighted by atomic mass is 16.1. The van der Waals surface area contributed by atoms with Gasteiger partial charge in [0, 0.05) is 18.3 Å². The second kappa shape index (κ2) is 7.93. The lowest BCUT2D eigenvalue weighted by Gasteiger charge is -2.30. The minimum Gasteiger partial charge on any atom is -0.300 e. The summed E-state index contributed by atoms with van der Waals surface area (Å²) in [6.45, 7) is 4.35. The maximum Gasteiger partial charge on any atom is 0.133 e. The van der Waals surface area contributed by atoms with Crippen LogP contribution in [0.3, 0.4) is 0 Å². The molecule has 0 aromatic heterocycles. The molecule has 0 aliphatic heterocycles. The van der Waals surface area contributed by atoms with E-state index in [1.165, 1.54) is 11.1 Å². The van der Waals surface area contributed by atoms with Crippen LogP contribution in [0.2, 0.25) is 0 Å². The van der Waals surface area contributed by atoms with Crippen LogP contribution in [0.15, 0.2) is 60.7 Å². The molecule has 0 bridgehead atoms. The highest BCUT2D eigenvalue weighted by molar-refractivity contribution is 5.80. The van der Waals surface area contributed by atoms with E-state index in [2.05, 4.69) is 62.4 Å². The van der Waals surface area contributed by atoms with Gasteiger partial charge in [0.1, 0.15) is 5.78 Å². The summed E-state index contributed by atoms with van der Waals surface area (Å²) >= 11 is 0. The van der Waals surface area contributed by atoms with Crippen LogP contribution in [-0.4, -0.2) is 5.78 Å². The zero-order valence-corrected chi connectivity index (χ0v) is 13.7. The molecule has 0 N–H and O–H groups in total. The van der Waals surface area contributed by atoms with Crippen LogP contribution in [0.1, 0.15) is 50.7 Å². The highest BCUT2D eigenvalue weighted by Gasteiger charge is 2.29. The molecule has 0 aliphatic carbocycles. The van der Waals surface area contributed by atoms with Crippen molar-refractivity contribution in [2.24, 2.45) is 0 Å². The van der Waals surface area contributed by atoms with E-state index in [4.69, 9.17) is 0 Å². The van der Waals surface area contributed by atoms with Gasteiger partial charge in [0.15, 0.2) is 0 Å². The Morgan fingerprint density at radius 1 is 0.955 bits per heavy atom. The van der Waals surface area contributed by atoms with Gasteiger partial charge in [0.05, 0.1) is 0 Å². The molecule has 0 saturated heterocycles. The SMILES string of the molecule is CCCCC(=O)C[C@](C)(Cc1ccccc1)c1ccccc1. The predicted octanol–water partition coefficient (Wildman–Crippen LogP) is 5.34. The Morgan fingerprint density at radius 3 is 2.14 bits per heavy atom. The minimum atomic E-state index is -0.132. The number of Topliss-reactive ketones (excluding diaryl/α,β-unsaturated/α-hetero) is 1. The van der Waals surface area contributed by atoms with Gasteiger partial charge in [-0.25, -0.2) is 0 Å². The fourth-order valence-electron chi connectivity index (χ4n) is 3.05. The Hall–Kier alpha value is -1.89. The summed E-state index contributed by atoms with van der Waals surface area (Å²) < 4.78 is 0. The fourth-order valence-corrected chi connectivity index (χ4v) is 3.05. The molecule has 2 aromatic rings. The molecule has 1 heteroatoms. The average Bonchev–Trinajstić information content (AvgIpc) is 2.54. The molecule has 0 radical (unpaired) electrons. The quantitative estimate of drug-likeness (QED) is 0.642. The molecule has 116 valence electrons. The van der Waals surface area contributed by atoms with Gasteiger partial charge < -0.3 is 0 Å². The topological polar surface area (TPSA) is 17.1 Å². The zero-order chi connectivity index (χ0) is 15.8. The summed E-state index contributed by atoms with van der Waals surface area (Å²) in [5.74, 6) is 0.379. The van der Waals surface area contributed by atoms with Gasteiger partial charge >= 0.3 is 0 Å². The number of hydrogen-bond acceptors (Lipinski definition) is 1. The fraction of sp³-hybridized carbons (Fsp3) is 0.381. The molecule has 0 aliphatic rings. The Morgan fingerprint density at radius 2 is 1.55 bits per heavy atom. The maximum absolute atomic E-state index is 12.4. The van der Waals surface area contributed by atoms with Crippen molar-refractivity contribution in [2.75, 3.05) is 0 Å². The van der Waals surface area contributed by atoms with Crippen molar-refractivity contribution in [1.29, 1.82) is 0 Å². The van der Waals surface area contributed by atoms with Crippen molar-refractivity contribution in [2.45, 2.75) is 51.4 Å². The lowest BCUT2D eigenvalue weighted by atomic mass is 9.73. The molecule has 0 amide bonds. The first-order valence-electron chi connectivity index (χ1n) is 8.25. The van der Waals surface area contributed by atoms with Gasteiger partial charge in [-0.1, -0.05) is 80.9 Å².